The summed E-state index contributed by atoms with van der Waals surface area (Å²) in [4.78, 5) is 30.3. The number of anilines is 1. The van der Waals surface area contributed by atoms with Gasteiger partial charge in [0, 0.05) is 57.3 Å². The highest BCUT2D eigenvalue weighted by molar-refractivity contribution is 6.31. The van der Waals surface area contributed by atoms with Gasteiger partial charge in [-0.05, 0) is 32.0 Å². The maximum atomic E-state index is 12.4. The van der Waals surface area contributed by atoms with Crippen molar-refractivity contribution in [1.29, 1.82) is 0 Å². The van der Waals surface area contributed by atoms with Crippen molar-refractivity contribution in [3.63, 3.8) is 0 Å². The smallest absolute Gasteiger partial charge is 0.319 e. The van der Waals surface area contributed by atoms with E-state index in [1.165, 1.54) is 0 Å². The second kappa shape index (κ2) is 8.80. The highest BCUT2D eigenvalue weighted by atomic mass is 35.5. The van der Waals surface area contributed by atoms with E-state index in [-0.39, 0.29) is 17.5 Å². The molecule has 3 amide bonds. The van der Waals surface area contributed by atoms with Gasteiger partial charge in [0.25, 0.3) is 0 Å². The van der Waals surface area contributed by atoms with E-state index in [1.807, 2.05) is 4.90 Å². The molecule has 0 unspecified atom stereocenters. The fourth-order valence-corrected chi connectivity index (χ4v) is 3.45. The van der Waals surface area contributed by atoms with Crippen molar-refractivity contribution >= 4 is 29.2 Å². The summed E-state index contributed by atoms with van der Waals surface area (Å²) in [6.45, 7) is 6.84. The zero-order chi connectivity index (χ0) is 20.2. The van der Waals surface area contributed by atoms with Crippen LogP contribution in [0.15, 0.2) is 18.2 Å². The average molecular weight is 397 g/mol. The Hall–Kier alpha value is -1.99. The first-order valence-corrected chi connectivity index (χ1v) is 9.36. The highest BCUT2D eigenvalue weighted by Gasteiger charge is 2.35. The molecule has 0 atom stereocenters. The summed E-state index contributed by atoms with van der Waals surface area (Å²) in [5, 5.41) is 3.40. The van der Waals surface area contributed by atoms with Gasteiger partial charge in [0.1, 0.15) is 5.75 Å². The maximum Gasteiger partial charge on any atom is 0.319 e. The number of halogens is 1. The summed E-state index contributed by atoms with van der Waals surface area (Å²) < 4.78 is 5.26. The average Bonchev–Trinajstić information content (AvgIpc) is 2.59. The molecule has 0 spiro atoms. The Morgan fingerprint density at radius 2 is 2.00 bits per heavy atom. The third kappa shape index (κ3) is 5.49. The third-order valence-corrected chi connectivity index (χ3v) is 5.01. The summed E-state index contributed by atoms with van der Waals surface area (Å²) in [5.74, 6) is 0.474. The van der Waals surface area contributed by atoms with Crippen LogP contribution in [0.4, 0.5) is 10.5 Å². The topological polar surface area (TPSA) is 65.1 Å². The maximum absolute atomic E-state index is 12.4. The van der Waals surface area contributed by atoms with Crippen molar-refractivity contribution in [3.05, 3.63) is 23.2 Å². The lowest BCUT2D eigenvalue weighted by Crippen LogP contribution is -2.61. The Bertz CT molecular complexity index is 694. The van der Waals surface area contributed by atoms with E-state index >= 15 is 0 Å². The zero-order valence-electron chi connectivity index (χ0n) is 16.7. The molecule has 1 fully saturated rings. The minimum absolute atomic E-state index is 0.0218. The lowest BCUT2D eigenvalue weighted by atomic mass is 9.98. The molecule has 0 saturated carbocycles. The van der Waals surface area contributed by atoms with Crippen molar-refractivity contribution < 1.29 is 14.3 Å². The first-order valence-electron chi connectivity index (χ1n) is 8.98. The third-order valence-electron chi connectivity index (χ3n) is 4.77. The van der Waals surface area contributed by atoms with Crippen LogP contribution in [0.5, 0.6) is 5.75 Å². The molecule has 8 heteroatoms. The fourth-order valence-electron chi connectivity index (χ4n) is 3.28. The van der Waals surface area contributed by atoms with Crippen LogP contribution in [0.3, 0.4) is 0 Å². The van der Waals surface area contributed by atoms with E-state index in [0.29, 0.717) is 42.5 Å². The molecule has 7 nitrogen and oxygen atoms in total. The summed E-state index contributed by atoms with van der Waals surface area (Å²) in [6.07, 6.45) is 0.348. The van der Waals surface area contributed by atoms with Crippen LogP contribution in [-0.2, 0) is 4.79 Å². The molecule has 150 valence electrons. The largest absolute Gasteiger partial charge is 0.495 e. The Labute approximate surface area is 166 Å². The molecule has 2 rings (SSSR count). The van der Waals surface area contributed by atoms with Crippen LogP contribution in [0.1, 0.15) is 20.3 Å². The van der Waals surface area contributed by atoms with E-state index in [4.69, 9.17) is 16.3 Å². The van der Waals surface area contributed by atoms with Crippen LogP contribution in [0, 0.1) is 0 Å². The van der Waals surface area contributed by atoms with E-state index in [9.17, 15) is 9.59 Å². The second-order valence-electron chi connectivity index (χ2n) is 7.54. The molecule has 1 heterocycles. The lowest BCUT2D eigenvalue weighted by molar-refractivity contribution is -0.117. The number of amides is 3. The quantitative estimate of drug-likeness (QED) is 0.831. The first kappa shape index (κ1) is 21.3. The van der Waals surface area contributed by atoms with Gasteiger partial charge in [0.2, 0.25) is 5.91 Å². The van der Waals surface area contributed by atoms with Gasteiger partial charge in [0.15, 0.2) is 0 Å². The number of carbonyl (C=O) groups excluding carboxylic acids is 2. The molecule has 1 aromatic carbocycles. The molecule has 1 N–H and O–H groups in total. The zero-order valence-corrected chi connectivity index (χ0v) is 17.5. The molecule has 0 radical (unpaired) electrons. The normalized spacial score (nSPS) is 16.7. The van der Waals surface area contributed by atoms with Crippen LogP contribution in [-0.4, -0.2) is 79.6 Å². The summed E-state index contributed by atoms with van der Waals surface area (Å²) >= 11 is 6.00. The van der Waals surface area contributed by atoms with Gasteiger partial charge in [0.05, 0.1) is 12.8 Å². The Balaban J connectivity index is 1.92. The number of urea groups is 1. The Kier molecular flexibility index (Phi) is 6.95. The fraction of sp³-hybridized carbons (Fsp3) is 0.579. The van der Waals surface area contributed by atoms with Gasteiger partial charge in [-0.1, -0.05) is 11.6 Å². The number of ether oxygens (including phenoxy) is 1. The predicted molar refractivity (Wildman–Crippen MR) is 108 cm³/mol. The van der Waals surface area contributed by atoms with Gasteiger partial charge in [-0.15, -0.1) is 0 Å². The number of methoxy groups -OCH3 is 1. The SMILES string of the molecule is COc1ccc(Cl)cc1NC(=O)CCN1CCN(C(=O)N(C)C)CC1(C)C. The number of nitrogens with one attached hydrogen (secondary N) is 1. The summed E-state index contributed by atoms with van der Waals surface area (Å²) in [7, 11) is 5.07. The molecular weight excluding hydrogens is 368 g/mol. The minimum atomic E-state index is -0.196. The summed E-state index contributed by atoms with van der Waals surface area (Å²) in [6, 6.07) is 5.14. The van der Waals surface area contributed by atoms with Crippen molar-refractivity contribution in [2.24, 2.45) is 0 Å². The number of piperazine rings is 1. The minimum Gasteiger partial charge on any atom is -0.495 e. The number of nitrogens with zero attached hydrogens (tertiary/aromatic N) is 3. The van der Waals surface area contributed by atoms with Gasteiger partial charge in [-0.3, -0.25) is 9.69 Å². The molecule has 0 aromatic heterocycles. The molecular formula is C19H29ClN4O3. The number of hydrogen-bond donors (Lipinski definition) is 1. The van der Waals surface area contributed by atoms with E-state index in [1.54, 1.807) is 44.3 Å². The van der Waals surface area contributed by atoms with Crippen molar-refractivity contribution in [3.8, 4) is 5.75 Å². The van der Waals surface area contributed by atoms with E-state index < -0.39 is 0 Å². The Morgan fingerprint density at radius 3 is 2.59 bits per heavy atom. The Morgan fingerprint density at radius 1 is 1.30 bits per heavy atom. The number of carbonyl (C=O) groups is 2. The molecule has 0 bridgehead atoms. The molecule has 1 aliphatic heterocycles. The lowest BCUT2D eigenvalue weighted by Gasteiger charge is -2.47. The van der Waals surface area contributed by atoms with Crippen LogP contribution >= 0.6 is 11.6 Å². The van der Waals surface area contributed by atoms with Crippen molar-refractivity contribution in [2.75, 3.05) is 52.7 Å². The monoisotopic (exact) mass is 396 g/mol. The molecule has 1 saturated heterocycles. The number of rotatable bonds is 5. The van der Waals surface area contributed by atoms with Gasteiger partial charge in [-0.25, -0.2) is 4.79 Å². The standard InChI is InChI=1S/C19H29ClN4O3/c1-19(2)13-23(18(26)22(3)4)10-11-24(19)9-8-17(25)21-15-12-14(20)6-7-16(15)27-5/h6-7,12H,8-11,13H2,1-5H3,(H,21,25). The highest BCUT2D eigenvalue weighted by Crippen LogP contribution is 2.28. The molecule has 27 heavy (non-hydrogen) atoms. The van der Waals surface area contributed by atoms with Crippen LogP contribution in [0.25, 0.3) is 0 Å². The van der Waals surface area contributed by atoms with Crippen LogP contribution < -0.4 is 10.1 Å². The van der Waals surface area contributed by atoms with Gasteiger partial charge < -0.3 is 19.9 Å². The second-order valence-corrected chi connectivity index (χ2v) is 7.98. The van der Waals surface area contributed by atoms with Gasteiger partial charge >= 0.3 is 6.03 Å². The number of hydrogen-bond acceptors (Lipinski definition) is 4. The van der Waals surface area contributed by atoms with Crippen molar-refractivity contribution in [1.82, 2.24) is 14.7 Å². The van der Waals surface area contributed by atoms with Gasteiger partial charge in [-0.2, -0.15) is 0 Å². The molecule has 0 aliphatic carbocycles. The van der Waals surface area contributed by atoms with Crippen LogP contribution in [0.2, 0.25) is 5.02 Å². The number of benzene rings is 1. The van der Waals surface area contributed by atoms with Crippen molar-refractivity contribution in [2.45, 2.75) is 25.8 Å². The molecule has 1 aliphatic rings. The van der Waals surface area contributed by atoms with E-state index in [2.05, 4.69) is 24.1 Å². The van der Waals surface area contributed by atoms with E-state index in [0.717, 1.165) is 6.54 Å². The predicted octanol–water partition coefficient (Wildman–Crippen LogP) is 2.76. The first-order chi connectivity index (χ1) is 12.6. The summed E-state index contributed by atoms with van der Waals surface area (Å²) in [5.41, 5.74) is 0.369. The molecule has 1 aromatic rings.